The molecule has 0 unspecified atom stereocenters. The molecule has 29 heavy (non-hydrogen) atoms. The van der Waals surface area contributed by atoms with Crippen LogP contribution < -0.4 is 15.0 Å². The Morgan fingerprint density at radius 3 is 2.59 bits per heavy atom. The van der Waals surface area contributed by atoms with Crippen LogP contribution in [0.15, 0.2) is 24.3 Å². The summed E-state index contributed by atoms with van der Waals surface area (Å²) in [7, 11) is 0. The summed E-state index contributed by atoms with van der Waals surface area (Å²) in [6, 6.07) is 6.11. The van der Waals surface area contributed by atoms with Gasteiger partial charge in [0.2, 0.25) is 0 Å². The van der Waals surface area contributed by atoms with Gasteiger partial charge in [0.15, 0.2) is 0 Å². The number of halogens is 3. The van der Waals surface area contributed by atoms with Crippen LogP contribution in [0, 0.1) is 0 Å². The Morgan fingerprint density at radius 2 is 1.93 bits per heavy atom. The zero-order valence-electron chi connectivity index (χ0n) is 16.6. The third-order valence-electron chi connectivity index (χ3n) is 4.66. The Hall–Kier alpha value is -2.55. The summed E-state index contributed by atoms with van der Waals surface area (Å²) in [5.74, 6) is 1.85. The SMILES string of the molecule is CC(C)c1nc(N[C@H](C)CO)cc(N2CCc3ccc(OC(F)(F)F)cc3C2)n1. The Kier molecular flexibility index (Phi) is 6.16. The van der Waals surface area contributed by atoms with E-state index in [1.54, 1.807) is 12.1 Å². The lowest BCUT2D eigenvalue weighted by Crippen LogP contribution is -2.32. The summed E-state index contributed by atoms with van der Waals surface area (Å²) in [6.07, 6.45) is -4.02. The van der Waals surface area contributed by atoms with Crippen molar-refractivity contribution in [3.63, 3.8) is 0 Å². The van der Waals surface area contributed by atoms with Crippen LogP contribution >= 0.6 is 0 Å². The maximum absolute atomic E-state index is 12.5. The number of aliphatic hydroxyl groups excluding tert-OH is 1. The third-order valence-corrected chi connectivity index (χ3v) is 4.66. The molecule has 0 saturated carbocycles. The molecule has 0 bridgehead atoms. The zero-order valence-corrected chi connectivity index (χ0v) is 16.6. The van der Waals surface area contributed by atoms with Crippen molar-refractivity contribution in [1.29, 1.82) is 0 Å². The Labute approximate surface area is 167 Å². The molecule has 0 fully saturated rings. The number of hydrogen-bond acceptors (Lipinski definition) is 6. The molecule has 158 valence electrons. The van der Waals surface area contributed by atoms with Gasteiger partial charge in [-0.25, -0.2) is 9.97 Å². The second kappa shape index (κ2) is 8.44. The van der Waals surface area contributed by atoms with Crippen molar-refractivity contribution in [2.75, 3.05) is 23.4 Å². The lowest BCUT2D eigenvalue weighted by molar-refractivity contribution is -0.274. The zero-order chi connectivity index (χ0) is 21.2. The van der Waals surface area contributed by atoms with Crippen molar-refractivity contribution in [2.45, 2.75) is 52.1 Å². The van der Waals surface area contributed by atoms with Gasteiger partial charge >= 0.3 is 6.36 Å². The van der Waals surface area contributed by atoms with E-state index in [4.69, 9.17) is 0 Å². The van der Waals surface area contributed by atoms with Crippen LogP contribution in [0.25, 0.3) is 0 Å². The van der Waals surface area contributed by atoms with Gasteiger partial charge in [-0.3, -0.25) is 0 Å². The molecule has 9 heteroatoms. The largest absolute Gasteiger partial charge is 0.573 e. The number of nitrogens with zero attached hydrogens (tertiary/aromatic N) is 3. The highest BCUT2D eigenvalue weighted by Crippen LogP contribution is 2.30. The van der Waals surface area contributed by atoms with Crippen molar-refractivity contribution < 1.29 is 23.0 Å². The second-order valence-electron chi connectivity index (χ2n) is 7.50. The third kappa shape index (κ3) is 5.50. The number of ether oxygens (including phenoxy) is 1. The molecule has 2 heterocycles. The van der Waals surface area contributed by atoms with E-state index in [9.17, 15) is 18.3 Å². The van der Waals surface area contributed by atoms with Gasteiger partial charge in [-0.05, 0) is 36.6 Å². The minimum absolute atomic E-state index is 0.0323. The van der Waals surface area contributed by atoms with Gasteiger partial charge in [0.05, 0.1) is 6.61 Å². The smallest absolute Gasteiger partial charge is 0.406 e. The predicted molar refractivity (Wildman–Crippen MR) is 104 cm³/mol. The number of benzene rings is 1. The number of fused-ring (bicyclic) bond motifs is 1. The van der Waals surface area contributed by atoms with Crippen LogP contribution in [0.3, 0.4) is 0 Å². The van der Waals surface area contributed by atoms with Crippen LogP contribution in [0.4, 0.5) is 24.8 Å². The average Bonchev–Trinajstić information content (AvgIpc) is 2.65. The quantitative estimate of drug-likeness (QED) is 0.754. The molecule has 1 aliphatic rings. The molecular formula is C20H25F3N4O2. The Morgan fingerprint density at radius 1 is 1.17 bits per heavy atom. The highest BCUT2D eigenvalue weighted by molar-refractivity contribution is 5.52. The van der Waals surface area contributed by atoms with E-state index in [-0.39, 0.29) is 24.3 Å². The van der Waals surface area contributed by atoms with Crippen molar-refractivity contribution in [1.82, 2.24) is 9.97 Å². The number of aromatic nitrogens is 2. The minimum atomic E-state index is -4.72. The molecule has 2 N–H and O–H groups in total. The van der Waals surface area contributed by atoms with Crippen LogP contribution in [0.1, 0.15) is 43.6 Å². The molecule has 1 aromatic carbocycles. The summed E-state index contributed by atoms with van der Waals surface area (Å²) in [6.45, 7) is 6.91. The minimum Gasteiger partial charge on any atom is -0.406 e. The van der Waals surface area contributed by atoms with E-state index >= 15 is 0 Å². The summed E-state index contributed by atoms with van der Waals surface area (Å²) in [5, 5.41) is 12.4. The molecule has 0 saturated heterocycles. The predicted octanol–water partition coefficient (Wildman–Crippen LogP) is 3.85. The molecule has 0 radical (unpaired) electrons. The van der Waals surface area contributed by atoms with Crippen molar-refractivity contribution in [2.24, 2.45) is 0 Å². The van der Waals surface area contributed by atoms with Gasteiger partial charge in [-0.1, -0.05) is 19.9 Å². The average molecular weight is 410 g/mol. The van der Waals surface area contributed by atoms with Gasteiger partial charge in [0, 0.05) is 31.1 Å². The van der Waals surface area contributed by atoms with Gasteiger partial charge in [-0.2, -0.15) is 0 Å². The molecule has 1 atom stereocenters. The molecule has 6 nitrogen and oxygen atoms in total. The van der Waals surface area contributed by atoms with Gasteiger partial charge in [0.1, 0.15) is 23.2 Å². The highest BCUT2D eigenvalue weighted by Gasteiger charge is 2.31. The van der Waals surface area contributed by atoms with E-state index < -0.39 is 6.36 Å². The molecule has 1 aliphatic heterocycles. The Balaban J connectivity index is 1.87. The summed E-state index contributed by atoms with van der Waals surface area (Å²) in [4.78, 5) is 11.2. The monoisotopic (exact) mass is 410 g/mol. The first-order valence-corrected chi connectivity index (χ1v) is 9.53. The number of hydrogen-bond donors (Lipinski definition) is 2. The maximum Gasteiger partial charge on any atom is 0.573 e. The number of anilines is 2. The lowest BCUT2D eigenvalue weighted by Gasteiger charge is -2.31. The lowest BCUT2D eigenvalue weighted by atomic mass is 9.99. The summed E-state index contributed by atoms with van der Waals surface area (Å²) >= 11 is 0. The molecule has 0 spiro atoms. The fourth-order valence-electron chi connectivity index (χ4n) is 3.17. The number of rotatable bonds is 6. The topological polar surface area (TPSA) is 70.5 Å². The Bertz CT molecular complexity index is 858. The van der Waals surface area contributed by atoms with Crippen molar-refractivity contribution in [3.8, 4) is 5.75 Å². The maximum atomic E-state index is 12.5. The fourth-order valence-corrected chi connectivity index (χ4v) is 3.17. The van der Waals surface area contributed by atoms with E-state index in [0.29, 0.717) is 37.0 Å². The van der Waals surface area contributed by atoms with E-state index in [1.807, 2.05) is 25.7 Å². The highest BCUT2D eigenvalue weighted by atomic mass is 19.4. The number of alkyl halides is 3. The molecular weight excluding hydrogens is 385 g/mol. The van der Waals surface area contributed by atoms with E-state index in [1.165, 1.54) is 12.1 Å². The number of aliphatic hydroxyl groups is 1. The number of nitrogens with one attached hydrogen (secondary N) is 1. The molecule has 0 amide bonds. The summed E-state index contributed by atoms with van der Waals surface area (Å²) < 4.78 is 41.7. The molecule has 3 rings (SSSR count). The van der Waals surface area contributed by atoms with Crippen molar-refractivity contribution >= 4 is 11.6 Å². The summed E-state index contributed by atoms with van der Waals surface area (Å²) in [5.41, 5.74) is 1.78. The first-order valence-electron chi connectivity index (χ1n) is 9.53. The van der Waals surface area contributed by atoms with Crippen LogP contribution in [-0.4, -0.2) is 40.6 Å². The normalized spacial score (nSPS) is 15.2. The van der Waals surface area contributed by atoms with Gasteiger partial charge in [-0.15, -0.1) is 13.2 Å². The van der Waals surface area contributed by atoms with Crippen LogP contribution in [-0.2, 0) is 13.0 Å². The van der Waals surface area contributed by atoms with Gasteiger partial charge in [0.25, 0.3) is 0 Å². The molecule has 2 aromatic rings. The van der Waals surface area contributed by atoms with Crippen LogP contribution in [0.2, 0.25) is 0 Å². The van der Waals surface area contributed by atoms with Gasteiger partial charge < -0.3 is 20.1 Å². The molecule has 1 aromatic heterocycles. The fraction of sp³-hybridized carbons (Fsp3) is 0.500. The van der Waals surface area contributed by atoms with Crippen LogP contribution in [0.5, 0.6) is 5.75 Å². The van der Waals surface area contributed by atoms with E-state index in [0.717, 1.165) is 11.1 Å². The molecule has 0 aliphatic carbocycles. The van der Waals surface area contributed by atoms with Crippen molar-refractivity contribution in [3.05, 3.63) is 41.2 Å². The first-order chi connectivity index (χ1) is 13.6. The first kappa shape index (κ1) is 21.2. The second-order valence-corrected chi connectivity index (χ2v) is 7.50. The van der Waals surface area contributed by atoms with E-state index in [2.05, 4.69) is 20.0 Å². The standard InChI is InChI=1S/C20H25F3N4O2/c1-12(2)19-25-17(24-13(3)11-28)9-18(26-19)27-7-6-14-4-5-16(8-15(14)10-27)29-20(21,22)23/h4-5,8-9,12-13,28H,6-7,10-11H2,1-3H3,(H,24,25,26)/t13-/m1/s1.